The first-order valence-electron chi connectivity index (χ1n) is 6.13. The van der Waals surface area contributed by atoms with Gasteiger partial charge in [0, 0.05) is 24.0 Å². The molecule has 2 unspecified atom stereocenters. The van der Waals surface area contributed by atoms with Crippen LogP contribution in [0.3, 0.4) is 0 Å². The summed E-state index contributed by atoms with van der Waals surface area (Å²) < 4.78 is 5.49. The Hall–Kier alpha value is -1.75. The Balaban J connectivity index is 2.09. The molecule has 5 N–H and O–H groups in total. The summed E-state index contributed by atoms with van der Waals surface area (Å²) in [5, 5.41) is 3.39. The van der Waals surface area contributed by atoms with E-state index in [9.17, 15) is 4.79 Å². The van der Waals surface area contributed by atoms with E-state index in [4.69, 9.17) is 16.2 Å². The summed E-state index contributed by atoms with van der Waals surface area (Å²) in [7, 11) is 0. The highest BCUT2D eigenvalue weighted by atomic mass is 16.5. The molecule has 0 saturated carbocycles. The fourth-order valence-corrected chi connectivity index (χ4v) is 2.22. The SMILES string of the molecule is CC1CC(Nc2ccc(N)c(C(N)=O)c2)CCO1. The lowest BCUT2D eigenvalue weighted by Gasteiger charge is -2.28. The third kappa shape index (κ3) is 2.92. The topological polar surface area (TPSA) is 90.4 Å². The van der Waals surface area contributed by atoms with Gasteiger partial charge in [-0.2, -0.15) is 0 Å². The van der Waals surface area contributed by atoms with Gasteiger partial charge >= 0.3 is 0 Å². The van der Waals surface area contributed by atoms with Crippen molar-refractivity contribution in [1.82, 2.24) is 0 Å². The number of nitrogens with two attached hydrogens (primary N) is 2. The average molecular weight is 249 g/mol. The van der Waals surface area contributed by atoms with Gasteiger partial charge in [-0.05, 0) is 38.0 Å². The van der Waals surface area contributed by atoms with E-state index in [2.05, 4.69) is 12.2 Å². The number of hydrogen-bond donors (Lipinski definition) is 3. The number of benzene rings is 1. The molecular formula is C13H19N3O2. The zero-order chi connectivity index (χ0) is 13.1. The number of nitrogens with one attached hydrogen (secondary N) is 1. The minimum atomic E-state index is -0.503. The Morgan fingerprint density at radius 3 is 2.94 bits per heavy atom. The molecule has 1 aromatic rings. The Morgan fingerprint density at radius 2 is 2.28 bits per heavy atom. The molecule has 1 saturated heterocycles. The van der Waals surface area contributed by atoms with E-state index >= 15 is 0 Å². The molecule has 1 heterocycles. The molecule has 2 atom stereocenters. The summed E-state index contributed by atoms with van der Waals surface area (Å²) in [6, 6.07) is 5.63. The van der Waals surface area contributed by atoms with Crippen molar-refractivity contribution < 1.29 is 9.53 Å². The van der Waals surface area contributed by atoms with Gasteiger partial charge < -0.3 is 21.5 Å². The van der Waals surface area contributed by atoms with Crippen molar-refractivity contribution in [3.05, 3.63) is 23.8 Å². The van der Waals surface area contributed by atoms with Crippen molar-refractivity contribution >= 4 is 17.3 Å². The molecule has 0 bridgehead atoms. The van der Waals surface area contributed by atoms with E-state index in [1.807, 2.05) is 6.07 Å². The van der Waals surface area contributed by atoms with Crippen LogP contribution in [0.4, 0.5) is 11.4 Å². The van der Waals surface area contributed by atoms with Crippen LogP contribution >= 0.6 is 0 Å². The van der Waals surface area contributed by atoms with E-state index in [1.54, 1.807) is 12.1 Å². The highest BCUT2D eigenvalue weighted by Crippen LogP contribution is 2.22. The molecule has 0 radical (unpaired) electrons. The minimum absolute atomic E-state index is 0.264. The number of ether oxygens (including phenoxy) is 1. The molecule has 0 aromatic heterocycles. The summed E-state index contributed by atoms with van der Waals surface area (Å²) in [5.74, 6) is -0.503. The van der Waals surface area contributed by atoms with Crippen molar-refractivity contribution in [2.24, 2.45) is 5.73 Å². The van der Waals surface area contributed by atoms with Gasteiger partial charge in [0.25, 0.3) is 5.91 Å². The monoisotopic (exact) mass is 249 g/mol. The molecule has 1 aromatic carbocycles. The smallest absolute Gasteiger partial charge is 0.250 e. The first-order valence-corrected chi connectivity index (χ1v) is 6.13. The highest BCUT2D eigenvalue weighted by molar-refractivity contribution is 5.98. The number of rotatable bonds is 3. The van der Waals surface area contributed by atoms with E-state index < -0.39 is 5.91 Å². The second-order valence-corrected chi connectivity index (χ2v) is 4.71. The number of hydrogen-bond acceptors (Lipinski definition) is 4. The number of amides is 1. The largest absolute Gasteiger partial charge is 0.398 e. The maximum absolute atomic E-state index is 11.2. The number of nitrogen functional groups attached to an aromatic ring is 1. The van der Waals surface area contributed by atoms with E-state index in [0.29, 0.717) is 17.3 Å². The van der Waals surface area contributed by atoms with Gasteiger partial charge in [0.2, 0.25) is 0 Å². The lowest BCUT2D eigenvalue weighted by molar-refractivity contribution is 0.0232. The van der Waals surface area contributed by atoms with E-state index in [-0.39, 0.29) is 6.10 Å². The number of carbonyl (C=O) groups is 1. The number of carbonyl (C=O) groups excluding carboxylic acids is 1. The van der Waals surface area contributed by atoms with E-state index in [0.717, 1.165) is 25.1 Å². The molecule has 1 amide bonds. The number of primary amides is 1. The molecule has 1 fully saturated rings. The van der Waals surface area contributed by atoms with E-state index in [1.165, 1.54) is 0 Å². The third-order valence-corrected chi connectivity index (χ3v) is 3.17. The standard InChI is InChI=1S/C13H19N3O2/c1-8-6-10(4-5-18-8)16-9-2-3-12(14)11(7-9)13(15)17/h2-3,7-8,10,16H,4-6,14H2,1H3,(H2,15,17). The second-order valence-electron chi connectivity index (χ2n) is 4.71. The molecule has 5 nitrogen and oxygen atoms in total. The van der Waals surface area contributed by atoms with Gasteiger partial charge in [-0.25, -0.2) is 0 Å². The van der Waals surface area contributed by atoms with Crippen LogP contribution in [0, 0.1) is 0 Å². The molecule has 2 rings (SSSR count). The third-order valence-electron chi connectivity index (χ3n) is 3.17. The van der Waals surface area contributed by atoms with Gasteiger partial charge in [0.15, 0.2) is 0 Å². The Labute approximate surface area is 106 Å². The maximum atomic E-state index is 11.2. The van der Waals surface area contributed by atoms with Crippen LogP contribution in [-0.2, 0) is 4.74 Å². The van der Waals surface area contributed by atoms with Crippen molar-refractivity contribution in [3.63, 3.8) is 0 Å². The Morgan fingerprint density at radius 1 is 1.50 bits per heavy atom. The molecular weight excluding hydrogens is 230 g/mol. The number of anilines is 2. The minimum Gasteiger partial charge on any atom is -0.398 e. The zero-order valence-electron chi connectivity index (χ0n) is 10.5. The zero-order valence-corrected chi connectivity index (χ0v) is 10.5. The van der Waals surface area contributed by atoms with Crippen molar-refractivity contribution in [2.75, 3.05) is 17.7 Å². The normalized spacial score (nSPS) is 23.6. The lowest BCUT2D eigenvalue weighted by Crippen LogP contribution is -2.32. The van der Waals surface area contributed by atoms with Crippen LogP contribution < -0.4 is 16.8 Å². The van der Waals surface area contributed by atoms with Gasteiger partial charge in [-0.1, -0.05) is 0 Å². The second kappa shape index (κ2) is 5.27. The molecule has 0 aliphatic carbocycles. The summed E-state index contributed by atoms with van der Waals surface area (Å²) >= 11 is 0. The predicted molar refractivity (Wildman–Crippen MR) is 71.4 cm³/mol. The molecule has 1 aliphatic heterocycles. The fraction of sp³-hybridized carbons (Fsp3) is 0.462. The van der Waals surface area contributed by atoms with Crippen LogP contribution in [0.25, 0.3) is 0 Å². The average Bonchev–Trinajstić information content (AvgIpc) is 2.31. The maximum Gasteiger partial charge on any atom is 0.250 e. The van der Waals surface area contributed by atoms with Gasteiger partial charge in [0.1, 0.15) is 0 Å². The van der Waals surface area contributed by atoms with Crippen LogP contribution in [0.5, 0.6) is 0 Å². The summed E-state index contributed by atoms with van der Waals surface area (Å²) in [5.41, 5.74) is 12.6. The fourth-order valence-electron chi connectivity index (χ4n) is 2.22. The van der Waals surface area contributed by atoms with Crippen molar-refractivity contribution in [3.8, 4) is 0 Å². The lowest BCUT2D eigenvalue weighted by atomic mass is 10.0. The summed E-state index contributed by atoms with van der Waals surface area (Å²) in [6.45, 7) is 2.82. The molecule has 18 heavy (non-hydrogen) atoms. The molecule has 0 spiro atoms. The summed E-state index contributed by atoms with van der Waals surface area (Å²) in [6.07, 6.45) is 2.18. The molecule has 5 heteroatoms. The molecule has 98 valence electrons. The first-order chi connectivity index (χ1) is 8.56. The summed E-state index contributed by atoms with van der Waals surface area (Å²) in [4.78, 5) is 11.2. The Kier molecular flexibility index (Phi) is 3.72. The highest BCUT2D eigenvalue weighted by Gasteiger charge is 2.19. The van der Waals surface area contributed by atoms with Gasteiger partial charge in [0.05, 0.1) is 11.7 Å². The van der Waals surface area contributed by atoms with Crippen LogP contribution in [0.2, 0.25) is 0 Å². The van der Waals surface area contributed by atoms with Crippen LogP contribution in [0.1, 0.15) is 30.1 Å². The van der Waals surface area contributed by atoms with Gasteiger partial charge in [-0.15, -0.1) is 0 Å². The van der Waals surface area contributed by atoms with Crippen molar-refractivity contribution in [1.29, 1.82) is 0 Å². The quantitative estimate of drug-likeness (QED) is 0.705. The van der Waals surface area contributed by atoms with Crippen LogP contribution in [0.15, 0.2) is 18.2 Å². The first kappa shape index (κ1) is 12.7. The van der Waals surface area contributed by atoms with Crippen molar-refractivity contribution in [2.45, 2.75) is 31.9 Å². The Bertz CT molecular complexity index is 448. The van der Waals surface area contributed by atoms with Gasteiger partial charge in [-0.3, -0.25) is 4.79 Å². The molecule has 1 aliphatic rings. The predicted octanol–water partition coefficient (Wildman–Crippen LogP) is 1.35. The van der Waals surface area contributed by atoms with Crippen LogP contribution in [-0.4, -0.2) is 24.7 Å².